The first-order valence-corrected chi connectivity index (χ1v) is 3.34. The largest absolute Gasteiger partial charge is 0.388 e. The van der Waals surface area contributed by atoms with Gasteiger partial charge < -0.3 is 5.73 Å². The van der Waals surface area contributed by atoms with Crippen molar-refractivity contribution in [1.82, 2.24) is 4.98 Å². The minimum absolute atomic E-state index is 0.367. The molecule has 0 unspecified atom stereocenters. The van der Waals surface area contributed by atoms with Crippen molar-refractivity contribution in [2.45, 2.75) is 0 Å². The topological polar surface area (TPSA) is 38.9 Å². The molecule has 0 radical (unpaired) electrons. The Morgan fingerprint density at radius 3 is 2.88 bits per heavy atom. The normalized spacial score (nSPS) is 9.00. The molecule has 0 saturated carbocycles. The molecule has 0 saturated heterocycles. The van der Waals surface area contributed by atoms with E-state index in [1.54, 1.807) is 5.51 Å². The summed E-state index contributed by atoms with van der Waals surface area (Å²) in [5.41, 5.74) is 7.65. The third-order valence-electron chi connectivity index (χ3n) is 0.685. The highest BCUT2D eigenvalue weighted by Crippen LogP contribution is 1.98. The highest BCUT2D eigenvalue weighted by molar-refractivity contribution is 7.80. The van der Waals surface area contributed by atoms with E-state index in [4.69, 9.17) is 5.73 Å². The average Bonchev–Trinajstić information content (AvgIpc) is 2.12. The first kappa shape index (κ1) is 5.65. The molecule has 1 aromatic rings. The number of hydrogen-bond donors (Lipinski definition) is 1. The lowest BCUT2D eigenvalue weighted by molar-refractivity contribution is 1.38. The number of rotatable bonds is 1. The first-order chi connectivity index (χ1) is 3.80. The summed E-state index contributed by atoms with van der Waals surface area (Å²) >= 11 is 6.13. The summed E-state index contributed by atoms with van der Waals surface area (Å²) in [4.78, 5) is 4.23. The van der Waals surface area contributed by atoms with Crippen LogP contribution in [0.4, 0.5) is 0 Å². The Bertz CT molecular complexity index is 180. The second-order valence-electron chi connectivity index (χ2n) is 1.24. The highest BCUT2D eigenvalue weighted by Gasteiger charge is 1.93. The standard InChI is InChI=1S/C4H4N2S2/c5-4(7)3-1-8-2-6-3/h1-2H,(H2,5,7). The monoisotopic (exact) mass is 144 g/mol. The van der Waals surface area contributed by atoms with Crippen LogP contribution in [-0.2, 0) is 0 Å². The smallest absolute Gasteiger partial charge is 0.123 e. The van der Waals surface area contributed by atoms with Crippen molar-refractivity contribution in [2.75, 3.05) is 0 Å². The zero-order chi connectivity index (χ0) is 5.98. The average molecular weight is 144 g/mol. The summed E-state index contributed by atoms with van der Waals surface area (Å²) in [5.74, 6) is 0. The Labute approximate surface area is 56.4 Å². The van der Waals surface area contributed by atoms with Crippen LogP contribution < -0.4 is 5.73 Å². The van der Waals surface area contributed by atoms with Gasteiger partial charge in [-0.3, -0.25) is 0 Å². The van der Waals surface area contributed by atoms with Gasteiger partial charge in [0.1, 0.15) is 10.7 Å². The fourth-order valence-corrected chi connectivity index (χ4v) is 1.07. The second kappa shape index (κ2) is 2.19. The van der Waals surface area contributed by atoms with Crippen LogP contribution in [0.3, 0.4) is 0 Å². The van der Waals surface area contributed by atoms with E-state index in [1.165, 1.54) is 11.3 Å². The Kier molecular flexibility index (Phi) is 1.55. The molecular weight excluding hydrogens is 140 g/mol. The van der Waals surface area contributed by atoms with Crippen LogP contribution in [-0.4, -0.2) is 9.97 Å². The molecule has 1 heterocycles. The maximum absolute atomic E-state index is 5.23. The predicted octanol–water partition coefficient (Wildman–Crippen LogP) is 0.777. The molecule has 0 aliphatic heterocycles. The number of aromatic nitrogens is 1. The van der Waals surface area contributed by atoms with E-state index in [-0.39, 0.29) is 0 Å². The van der Waals surface area contributed by atoms with Gasteiger partial charge in [-0.1, -0.05) is 12.2 Å². The lowest BCUT2D eigenvalue weighted by atomic mass is 10.5. The minimum atomic E-state index is 0.367. The van der Waals surface area contributed by atoms with Gasteiger partial charge in [-0.2, -0.15) is 0 Å². The number of thiazole rings is 1. The predicted molar refractivity (Wildman–Crippen MR) is 38.0 cm³/mol. The van der Waals surface area contributed by atoms with E-state index < -0.39 is 0 Å². The van der Waals surface area contributed by atoms with Gasteiger partial charge in [0.25, 0.3) is 0 Å². The fourth-order valence-electron chi connectivity index (χ4n) is 0.334. The van der Waals surface area contributed by atoms with Crippen LogP contribution in [0, 0.1) is 0 Å². The summed E-state index contributed by atoms with van der Waals surface area (Å²) in [5, 5.41) is 1.82. The lowest BCUT2D eigenvalue weighted by Gasteiger charge is -1.83. The van der Waals surface area contributed by atoms with Gasteiger partial charge in [-0.25, -0.2) is 4.98 Å². The summed E-state index contributed by atoms with van der Waals surface area (Å²) in [7, 11) is 0. The quantitative estimate of drug-likeness (QED) is 0.592. The Morgan fingerprint density at radius 2 is 2.62 bits per heavy atom. The van der Waals surface area contributed by atoms with Crippen molar-refractivity contribution < 1.29 is 0 Å². The molecule has 1 aromatic heterocycles. The van der Waals surface area contributed by atoms with Crippen molar-refractivity contribution in [1.29, 1.82) is 0 Å². The van der Waals surface area contributed by atoms with Crippen molar-refractivity contribution in [2.24, 2.45) is 5.73 Å². The van der Waals surface area contributed by atoms with Crippen molar-refractivity contribution in [3.63, 3.8) is 0 Å². The molecule has 0 aromatic carbocycles. The fraction of sp³-hybridized carbons (Fsp3) is 0. The third-order valence-corrected chi connectivity index (χ3v) is 1.48. The molecule has 0 bridgehead atoms. The van der Waals surface area contributed by atoms with Crippen LogP contribution in [0.5, 0.6) is 0 Å². The zero-order valence-corrected chi connectivity index (χ0v) is 5.63. The van der Waals surface area contributed by atoms with Gasteiger partial charge in [0, 0.05) is 5.38 Å². The summed E-state index contributed by atoms with van der Waals surface area (Å²) in [6.45, 7) is 0. The molecular formula is C4H4N2S2. The maximum Gasteiger partial charge on any atom is 0.123 e. The number of nitrogens with zero attached hydrogens (tertiary/aromatic N) is 1. The first-order valence-electron chi connectivity index (χ1n) is 1.98. The molecule has 42 valence electrons. The Balaban J connectivity index is 2.93. The summed E-state index contributed by atoms with van der Waals surface area (Å²) in [6, 6.07) is 0. The Morgan fingerprint density at radius 1 is 1.88 bits per heavy atom. The maximum atomic E-state index is 5.23. The van der Waals surface area contributed by atoms with E-state index in [0.717, 1.165) is 0 Å². The number of hydrogen-bond acceptors (Lipinski definition) is 3. The van der Waals surface area contributed by atoms with Gasteiger partial charge >= 0.3 is 0 Å². The van der Waals surface area contributed by atoms with Gasteiger partial charge in [-0.15, -0.1) is 11.3 Å². The number of thiocarbonyl (C=S) groups is 1. The summed E-state index contributed by atoms with van der Waals surface area (Å²) in [6.07, 6.45) is 0. The molecule has 0 fully saturated rings. The van der Waals surface area contributed by atoms with Crippen LogP contribution in [0.25, 0.3) is 0 Å². The van der Waals surface area contributed by atoms with E-state index in [9.17, 15) is 0 Å². The molecule has 1 rings (SSSR count). The molecule has 0 aliphatic carbocycles. The van der Waals surface area contributed by atoms with E-state index in [1.807, 2.05) is 5.38 Å². The zero-order valence-electron chi connectivity index (χ0n) is 4.00. The molecule has 0 aliphatic rings. The van der Waals surface area contributed by atoms with Crippen LogP contribution in [0.15, 0.2) is 10.9 Å². The van der Waals surface area contributed by atoms with Gasteiger partial charge in [0.2, 0.25) is 0 Å². The molecule has 8 heavy (non-hydrogen) atoms. The van der Waals surface area contributed by atoms with E-state index >= 15 is 0 Å². The van der Waals surface area contributed by atoms with E-state index in [2.05, 4.69) is 17.2 Å². The van der Waals surface area contributed by atoms with Crippen molar-refractivity contribution in [3.8, 4) is 0 Å². The molecule has 2 N–H and O–H groups in total. The molecule has 0 spiro atoms. The SMILES string of the molecule is NC(=S)c1cscn1. The molecule has 0 amide bonds. The molecule has 4 heteroatoms. The summed E-state index contributed by atoms with van der Waals surface area (Å²) < 4.78 is 0. The molecule has 0 atom stereocenters. The van der Waals surface area contributed by atoms with E-state index in [0.29, 0.717) is 10.7 Å². The number of nitrogens with two attached hydrogens (primary N) is 1. The van der Waals surface area contributed by atoms with Gasteiger partial charge in [-0.05, 0) is 0 Å². The Hall–Kier alpha value is -0.480. The highest BCUT2D eigenvalue weighted by atomic mass is 32.1. The lowest BCUT2D eigenvalue weighted by Crippen LogP contribution is -2.08. The minimum Gasteiger partial charge on any atom is -0.388 e. The van der Waals surface area contributed by atoms with Crippen LogP contribution in [0.2, 0.25) is 0 Å². The second-order valence-corrected chi connectivity index (χ2v) is 2.40. The van der Waals surface area contributed by atoms with Crippen molar-refractivity contribution in [3.05, 3.63) is 16.6 Å². The van der Waals surface area contributed by atoms with Gasteiger partial charge in [0.15, 0.2) is 0 Å². The van der Waals surface area contributed by atoms with Crippen LogP contribution in [0.1, 0.15) is 5.69 Å². The van der Waals surface area contributed by atoms with Gasteiger partial charge in [0.05, 0.1) is 5.51 Å². The molecule has 2 nitrogen and oxygen atoms in total. The van der Waals surface area contributed by atoms with Crippen LogP contribution >= 0.6 is 23.6 Å². The van der Waals surface area contributed by atoms with Crippen molar-refractivity contribution >= 4 is 28.5 Å². The third kappa shape index (κ3) is 1.02.